The Kier molecular flexibility index (Phi) is 8.23. The van der Waals surface area contributed by atoms with Crippen LogP contribution in [0.4, 0.5) is 0 Å². The van der Waals surface area contributed by atoms with Crippen LogP contribution in [-0.4, -0.2) is 34.3 Å². The molecule has 6 nitrogen and oxygen atoms in total. The number of hydrogen-bond donors (Lipinski definition) is 0. The lowest BCUT2D eigenvalue weighted by molar-refractivity contribution is -0.134. The van der Waals surface area contributed by atoms with Crippen molar-refractivity contribution in [3.05, 3.63) is 35.9 Å². The van der Waals surface area contributed by atoms with E-state index in [1.807, 2.05) is 69.6 Å². The zero-order valence-electron chi connectivity index (χ0n) is 16.5. The summed E-state index contributed by atoms with van der Waals surface area (Å²) in [5, 5.41) is 3.94. The molecule has 1 rings (SSSR count). The molecule has 0 aliphatic carbocycles. The van der Waals surface area contributed by atoms with E-state index in [9.17, 15) is 9.59 Å². The van der Waals surface area contributed by atoms with Gasteiger partial charge in [-0.1, -0.05) is 35.5 Å². The van der Waals surface area contributed by atoms with E-state index < -0.39 is 22.6 Å². The Bertz CT molecular complexity index is 633. The lowest BCUT2D eigenvalue weighted by Gasteiger charge is -2.19. The Morgan fingerprint density at radius 3 is 2.00 bits per heavy atom. The summed E-state index contributed by atoms with van der Waals surface area (Å²) >= 11 is 0. The van der Waals surface area contributed by atoms with Crippen LogP contribution in [0.2, 0.25) is 39.3 Å². The number of benzene rings is 1. The molecule has 0 saturated heterocycles. The molecule has 0 aliphatic heterocycles. The van der Waals surface area contributed by atoms with Gasteiger partial charge in [0.1, 0.15) is 6.61 Å². The van der Waals surface area contributed by atoms with E-state index in [0.717, 1.165) is 5.56 Å². The molecule has 0 N–H and O–H groups in total. The fourth-order valence-corrected chi connectivity index (χ4v) is 3.35. The van der Waals surface area contributed by atoms with Gasteiger partial charge in [-0.2, -0.15) is 0 Å². The molecular formula is C18H29NO5Si2. The first kappa shape index (κ1) is 22.1. The summed E-state index contributed by atoms with van der Waals surface area (Å²) in [6, 6.07) is 9.51. The molecule has 0 saturated carbocycles. The first-order chi connectivity index (χ1) is 12.0. The summed E-state index contributed by atoms with van der Waals surface area (Å²) in [5.41, 5.74) is 1.04. The smallest absolute Gasteiger partial charge is 0.342 e. The number of oxime groups is 1. The van der Waals surface area contributed by atoms with Gasteiger partial charge in [-0.05, 0) is 44.8 Å². The fraction of sp³-hybridized carbons (Fsp3) is 0.500. The monoisotopic (exact) mass is 395 g/mol. The van der Waals surface area contributed by atoms with Crippen molar-refractivity contribution in [3.8, 4) is 0 Å². The molecule has 1 aromatic rings. The Hall–Kier alpha value is -1.94. The van der Waals surface area contributed by atoms with Gasteiger partial charge in [0.15, 0.2) is 5.71 Å². The summed E-state index contributed by atoms with van der Waals surface area (Å²) in [6.45, 7) is 11.8. The normalized spacial score (nSPS) is 12.5. The molecule has 0 heterocycles. The molecule has 0 radical (unpaired) electrons. The largest absolute Gasteiger partial charge is 0.520 e. The number of carbonyl (C=O) groups excluding carboxylic acids is 2. The molecule has 26 heavy (non-hydrogen) atoms. The quantitative estimate of drug-likeness (QED) is 0.357. The lowest BCUT2D eigenvalue weighted by Crippen LogP contribution is -2.34. The Morgan fingerprint density at radius 1 is 0.885 bits per heavy atom. The first-order valence-corrected chi connectivity index (χ1v) is 15.5. The second kappa shape index (κ2) is 9.68. The van der Waals surface area contributed by atoms with Gasteiger partial charge >= 0.3 is 5.97 Å². The maximum atomic E-state index is 12.4. The van der Waals surface area contributed by atoms with Gasteiger partial charge in [-0.3, -0.25) is 4.79 Å². The standard InChI is InChI=1S/C18H29NO5Si2/c1-25(2,3)23-17(20)13-12-16(18(21)24-26(4,5)6)19-22-14-15-10-8-7-9-11-15/h7-11H,12-14H2,1-6H3. The second-order valence-electron chi connectivity index (χ2n) is 7.89. The topological polar surface area (TPSA) is 74.2 Å². The van der Waals surface area contributed by atoms with Crippen LogP contribution in [0.3, 0.4) is 0 Å². The average Bonchev–Trinajstić information content (AvgIpc) is 2.48. The van der Waals surface area contributed by atoms with Crippen LogP contribution in [0.5, 0.6) is 0 Å². The van der Waals surface area contributed by atoms with E-state index in [1.54, 1.807) is 0 Å². The van der Waals surface area contributed by atoms with Crippen LogP contribution >= 0.6 is 0 Å². The van der Waals surface area contributed by atoms with E-state index in [-0.39, 0.29) is 31.1 Å². The highest BCUT2D eigenvalue weighted by molar-refractivity contribution is 6.72. The number of hydrogen-bond acceptors (Lipinski definition) is 6. The maximum absolute atomic E-state index is 12.4. The molecule has 0 unspecified atom stereocenters. The molecule has 0 amide bonds. The molecular weight excluding hydrogens is 366 g/mol. The molecule has 1 aromatic carbocycles. The highest BCUT2D eigenvalue weighted by atomic mass is 28.4. The van der Waals surface area contributed by atoms with Crippen molar-refractivity contribution in [2.45, 2.75) is 58.7 Å². The summed E-state index contributed by atoms with van der Waals surface area (Å²) in [7, 11) is -4.03. The predicted octanol–water partition coefficient (Wildman–Crippen LogP) is 4.10. The molecule has 8 heteroatoms. The first-order valence-electron chi connectivity index (χ1n) is 8.64. The average molecular weight is 396 g/mol. The SMILES string of the molecule is C[Si](C)(C)OC(=O)CCC(=NOCc1ccccc1)C(=O)O[Si](C)(C)C. The zero-order valence-corrected chi connectivity index (χ0v) is 18.5. The molecule has 0 aliphatic rings. The van der Waals surface area contributed by atoms with E-state index in [1.165, 1.54) is 0 Å². The summed E-state index contributed by atoms with van der Waals surface area (Å²) in [5.74, 6) is -0.862. The Labute approximate surface area is 157 Å². The van der Waals surface area contributed by atoms with Crippen molar-refractivity contribution < 1.29 is 23.3 Å². The van der Waals surface area contributed by atoms with E-state index >= 15 is 0 Å². The number of carbonyl (C=O) groups is 2. The third-order valence-corrected chi connectivity index (χ3v) is 4.51. The fourth-order valence-electron chi connectivity index (χ4n) is 1.89. The molecule has 0 aromatic heterocycles. The highest BCUT2D eigenvalue weighted by Gasteiger charge is 2.26. The number of nitrogens with zero attached hydrogens (tertiary/aromatic N) is 1. The molecule has 0 atom stereocenters. The minimum absolute atomic E-state index is 0.0681. The van der Waals surface area contributed by atoms with Gasteiger partial charge in [0.05, 0.1) is 6.42 Å². The second-order valence-corrected chi connectivity index (χ2v) is 16.7. The van der Waals surface area contributed by atoms with Gasteiger partial charge in [0, 0.05) is 6.42 Å². The van der Waals surface area contributed by atoms with Crippen LogP contribution < -0.4 is 0 Å². The molecule has 0 spiro atoms. The van der Waals surface area contributed by atoms with Crippen molar-refractivity contribution in [3.63, 3.8) is 0 Å². The summed E-state index contributed by atoms with van der Waals surface area (Å²) in [6.07, 6.45) is 0.194. The summed E-state index contributed by atoms with van der Waals surface area (Å²) in [4.78, 5) is 29.6. The predicted molar refractivity (Wildman–Crippen MR) is 107 cm³/mol. The van der Waals surface area contributed by atoms with Gasteiger partial charge in [0.25, 0.3) is 5.97 Å². The van der Waals surface area contributed by atoms with Crippen molar-refractivity contribution in [2.75, 3.05) is 0 Å². The maximum Gasteiger partial charge on any atom is 0.342 e. The van der Waals surface area contributed by atoms with E-state index in [0.29, 0.717) is 0 Å². The van der Waals surface area contributed by atoms with Gasteiger partial charge in [-0.15, -0.1) is 0 Å². The van der Waals surface area contributed by atoms with Crippen molar-refractivity contribution >= 4 is 34.3 Å². The van der Waals surface area contributed by atoms with Crippen LogP contribution in [0, 0.1) is 0 Å². The minimum atomic E-state index is -2.08. The van der Waals surface area contributed by atoms with Crippen molar-refractivity contribution in [1.82, 2.24) is 0 Å². The van der Waals surface area contributed by atoms with E-state index in [2.05, 4.69) is 5.16 Å². The van der Waals surface area contributed by atoms with Crippen LogP contribution in [-0.2, 0) is 29.9 Å². The third-order valence-electron chi connectivity index (χ3n) is 2.87. The van der Waals surface area contributed by atoms with Gasteiger partial charge in [0.2, 0.25) is 16.6 Å². The molecule has 144 valence electrons. The van der Waals surface area contributed by atoms with Crippen molar-refractivity contribution in [2.24, 2.45) is 5.16 Å². The zero-order chi connectivity index (χ0) is 19.8. The van der Waals surface area contributed by atoms with Crippen LogP contribution in [0.25, 0.3) is 0 Å². The third kappa shape index (κ3) is 10.1. The van der Waals surface area contributed by atoms with Gasteiger partial charge < -0.3 is 13.7 Å². The lowest BCUT2D eigenvalue weighted by atomic mass is 10.2. The van der Waals surface area contributed by atoms with E-state index in [4.69, 9.17) is 13.7 Å². The Morgan fingerprint density at radius 2 is 1.46 bits per heavy atom. The molecule has 0 fully saturated rings. The summed E-state index contributed by atoms with van der Waals surface area (Å²) < 4.78 is 10.9. The van der Waals surface area contributed by atoms with Gasteiger partial charge in [-0.25, -0.2) is 4.79 Å². The minimum Gasteiger partial charge on any atom is -0.520 e. The van der Waals surface area contributed by atoms with Crippen LogP contribution in [0.1, 0.15) is 18.4 Å². The van der Waals surface area contributed by atoms with Crippen LogP contribution in [0.15, 0.2) is 35.5 Å². The molecule has 0 bridgehead atoms. The Balaban J connectivity index is 2.73. The number of rotatable bonds is 9. The highest BCUT2D eigenvalue weighted by Crippen LogP contribution is 2.10. The van der Waals surface area contributed by atoms with Crippen molar-refractivity contribution in [1.29, 1.82) is 0 Å².